The zero-order valence-electron chi connectivity index (χ0n) is 16.4. The van der Waals surface area contributed by atoms with Crippen LogP contribution >= 0.6 is 12.4 Å². The molecule has 2 bridgehead atoms. The Morgan fingerprint density at radius 3 is 2.44 bits per heavy atom. The number of halogens is 1. The van der Waals surface area contributed by atoms with Gasteiger partial charge in [-0.3, -0.25) is 9.59 Å². The van der Waals surface area contributed by atoms with E-state index in [1.807, 2.05) is 23.1 Å². The van der Waals surface area contributed by atoms with Crippen LogP contribution < -0.4 is 5.32 Å². The van der Waals surface area contributed by atoms with Gasteiger partial charge in [0.05, 0.1) is 0 Å². The van der Waals surface area contributed by atoms with Gasteiger partial charge in [-0.2, -0.15) is 0 Å². The first-order valence-electron chi connectivity index (χ1n) is 10.1. The number of nitrogens with one attached hydrogen (secondary N) is 1. The Morgan fingerprint density at radius 1 is 1.07 bits per heavy atom. The second-order valence-corrected chi connectivity index (χ2v) is 7.46. The molecule has 0 saturated carbocycles. The monoisotopic (exact) mass is 393 g/mol. The van der Waals surface area contributed by atoms with Crippen LogP contribution in [0.15, 0.2) is 24.3 Å². The molecule has 2 atom stereocenters. The standard InChI is InChI=1S/C21H31N3O2.ClH/c1-3-12-23(13-4-2)20(25)16-6-5-7-17(14-16)21(26)24-18-8-9-19(24)15-22-11-10-18;/h5-7,14,18-19,22H,3-4,8-13,15H2,1-2H3;1H. The summed E-state index contributed by atoms with van der Waals surface area (Å²) < 4.78 is 0. The van der Waals surface area contributed by atoms with Gasteiger partial charge >= 0.3 is 0 Å². The molecule has 2 amide bonds. The van der Waals surface area contributed by atoms with Crippen molar-refractivity contribution in [1.29, 1.82) is 0 Å². The summed E-state index contributed by atoms with van der Waals surface area (Å²) in [4.78, 5) is 30.0. The summed E-state index contributed by atoms with van der Waals surface area (Å²) in [6, 6.07) is 7.93. The molecule has 5 nitrogen and oxygen atoms in total. The van der Waals surface area contributed by atoms with E-state index in [2.05, 4.69) is 24.1 Å². The van der Waals surface area contributed by atoms with Gasteiger partial charge in [0.2, 0.25) is 0 Å². The van der Waals surface area contributed by atoms with Gasteiger partial charge in [0, 0.05) is 42.8 Å². The van der Waals surface area contributed by atoms with Crippen molar-refractivity contribution < 1.29 is 9.59 Å². The fraction of sp³-hybridized carbons (Fsp3) is 0.619. The van der Waals surface area contributed by atoms with E-state index in [4.69, 9.17) is 0 Å². The van der Waals surface area contributed by atoms with E-state index in [1.54, 1.807) is 6.07 Å². The van der Waals surface area contributed by atoms with Gasteiger partial charge in [-0.15, -0.1) is 12.4 Å². The SMILES string of the molecule is CCCN(CCC)C(=O)c1cccc(C(=O)N2C3CCNCC2CC3)c1.Cl. The minimum atomic E-state index is 0. The van der Waals surface area contributed by atoms with Crippen LogP contribution in [0.5, 0.6) is 0 Å². The fourth-order valence-corrected chi connectivity index (χ4v) is 4.29. The Bertz CT molecular complexity index is 632. The largest absolute Gasteiger partial charge is 0.339 e. The van der Waals surface area contributed by atoms with Crippen molar-refractivity contribution >= 4 is 24.2 Å². The zero-order chi connectivity index (χ0) is 18.5. The second-order valence-electron chi connectivity index (χ2n) is 7.46. The molecule has 2 fully saturated rings. The summed E-state index contributed by atoms with van der Waals surface area (Å²) in [6.45, 7) is 7.53. The van der Waals surface area contributed by atoms with Gasteiger partial charge in [-0.25, -0.2) is 0 Å². The highest BCUT2D eigenvalue weighted by atomic mass is 35.5. The summed E-state index contributed by atoms with van der Waals surface area (Å²) in [6.07, 6.45) is 5.06. The molecule has 0 spiro atoms. The summed E-state index contributed by atoms with van der Waals surface area (Å²) in [5.41, 5.74) is 1.26. The highest BCUT2D eigenvalue weighted by molar-refractivity contribution is 6.00. The Hall–Kier alpha value is -1.59. The van der Waals surface area contributed by atoms with E-state index < -0.39 is 0 Å². The smallest absolute Gasteiger partial charge is 0.254 e. The van der Waals surface area contributed by atoms with Crippen molar-refractivity contribution in [1.82, 2.24) is 15.1 Å². The quantitative estimate of drug-likeness (QED) is 0.806. The van der Waals surface area contributed by atoms with E-state index >= 15 is 0 Å². The number of carbonyl (C=O) groups is 2. The van der Waals surface area contributed by atoms with Crippen molar-refractivity contribution in [2.24, 2.45) is 0 Å². The van der Waals surface area contributed by atoms with E-state index in [1.165, 1.54) is 0 Å². The molecule has 150 valence electrons. The van der Waals surface area contributed by atoms with Crippen LogP contribution in [0.1, 0.15) is 66.7 Å². The average Bonchev–Trinajstić information content (AvgIpc) is 2.93. The van der Waals surface area contributed by atoms with Crippen LogP contribution in [0.25, 0.3) is 0 Å². The van der Waals surface area contributed by atoms with Gasteiger partial charge in [0.15, 0.2) is 0 Å². The first-order valence-corrected chi connectivity index (χ1v) is 10.1. The van der Waals surface area contributed by atoms with Crippen molar-refractivity contribution in [3.63, 3.8) is 0 Å². The van der Waals surface area contributed by atoms with E-state index in [0.29, 0.717) is 17.2 Å². The number of amides is 2. The maximum Gasteiger partial charge on any atom is 0.254 e. The normalized spacial score (nSPS) is 21.3. The van der Waals surface area contributed by atoms with Crippen LogP contribution in [-0.2, 0) is 0 Å². The summed E-state index contributed by atoms with van der Waals surface area (Å²) in [5.74, 6) is 0.109. The molecule has 1 aromatic rings. The summed E-state index contributed by atoms with van der Waals surface area (Å²) >= 11 is 0. The van der Waals surface area contributed by atoms with Gasteiger partial charge in [-0.1, -0.05) is 19.9 Å². The van der Waals surface area contributed by atoms with E-state index in [-0.39, 0.29) is 30.3 Å². The first kappa shape index (κ1) is 21.7. The van der Waals surface area contributed by atoms with E-state index in [0.717, 1.165) is 58.3 Å². The number of benzene rings is 1. The molecule has 1 aromatic carbocycles. The lowest BCUT2D eigenvalue weighted by Gasteiger charge is -2.28. The number of hydrogen-bond acceptors (Lipinski definition) is 3. The van der Waals surface area contributed by atoms with Crippen molar-refractivity contribution in [3.05, 3.63) is 35.4 Å². The first-order chi connectivity index (χ1) is 12.7. The Labute approximate surface area is 168 Å². The lowest BCUT2D eigenvalue weighted by molar-refractivity contribution is 0.0680. The molecule has 0 aliphatic carbocycles. The molecule has 27 heavy (non-hydrogen) atoms. The van der Waals surface area contributed by atoms with Gasteiger partial charge in [-0.05, 0) is 56.8 Å². The molecule has 6 heteroatoms. The molecular formula is C21H32ClN3O2. The number of hydrogen-bond donors (Lipinski definition) is 1. The van der Waals surface area contributed by atoms with E-state index in [9.17, 15) is 9.59 Å². The lowest BCUT2D eigenvalue weighted by Crippen LogP contribution is -2.42. The molecule has 3 rings (SSSR count). The molecule has 2 aliphatic rings. The molecule has 1 N–H and O–H groups in total. The third-order valence-electron chi connectivity index (χ3n) is 5.52. The number of carbonyl (C=O) groups excluding carboxylic acids is 2. The maximum absolute atomic E-state index is 13.2. The highest BCUT2D eigenvalue weighted by Crippen LogP contribution is 2.29. The molecule has 0 aromatic heterocycles. The third-order valence-corrected chi connectivity index (χ3v) is 5.52. The van der Waals surface area contributed by atoms with Crippen molar-refractivity contribution in [3.8, 4) is 0 Å². The summed E-state index contributed by atoms with van der Waals surface area (Å²) in [5, 5.41) is 3.43. The van der Waals surface area contributed by atoms with Gasteiger partial charge in [0.25, 0.3) is 11.8 Å². The lowest BCUT2D eigenvalue weighted by atomic mass is 10.1. The van der Waals surface area contributed by atoms with Crippen LogP contribution in [0.2, 0.25) is 0 Å². The second kappa shape index (κ2) is 10.1. The van der Waals surface area contributed by atoms with Crippen LogP contribution in [-0.4, -0.2) is 59.9 Å². The topological polar surface area (TPSA) is 52.7 Å². The van der Waals surface area contributed by atoms with Gasteiger partial charge < -0.3 is 15.1 Å². The zero-order valence-corrected chi connectivity index (χ0v) is 17.3. The number of fused-ring (bicyclic) bond motifs is 2. The minimum Gasteiger partial charge on any atom is -0.339 e. The third kappa shape index (κ3) is 4.82. The van der Waals surface area contributed by atoms with Gasteiger partial charge in [0.1, 0.15) is 0 Å². The van der Waals surface area contributed by atoms with Crippen molar-refractivity contribution in [2.75, 3.05) is 26.2 Å². The van der Waals surface area contributed by atoms with Crippen LogP contribution in [0.3, 0.4) is 0 Å². The number of rotatable bonds is 6. The average molecular weight is 394 g/mol. The Kier molecular flexibility index (Phi) is 8.11. The molecule has 2 heterocycles. The number of nitrogens with zero attached hydrogens (tertiary/aromatic N) is 2. The van der Waals surface area contributed by atoms with Crippen LogP contribution in [0, 0.1) is 0 Å². The highest BCUT2D eigenvalue weighted by Gasteiger charge is 2.38. The predicted octanol–water partition coefficient (Wildman–Crippen LogP) is 3.34. The maximum atomic E-state index is 13.2. The molecule has 0 radical (unpaired) electrons. The predicted molar refractivity (Wildman–Crippen MR) is 111 cm³/mol. The molecule has 2 aliphatic heterocycles. The molecule has 2 unspecified atom stereocenters. The van der Waals surface area contributed by atoms with Crippen LogP contribution in [0.4, 0.5) is 0 Å². The minimum absolute atomic E-state index is 0. The van der Waals surface area contributed by atoms with Crippen molar-refractivity contribution in [2.45, 2.75) is 58.0 Å². The fourth-order valence-electron chi connectivity index (χ4n) is 4.29. The molecular weight excluding hydrogens is 362 g/mol. The Morgan fingerprint density at radius 2 is 1.74 bits per heavy atom. The summed E-state index contributed by atoms with van der Waals surface area (Å²) in [7, 11) is 0. The molecule has 2 saturated heterocycles. The Balaban J connectivity index is 0.00000261.